The molecular weight excluding hydrogens is 436 g/mol. The molecule has 0 fully saturated rings. The van der Waals surface area contributed by atoms with Crippen LogP contribution in [0.25, 0.3) is 66.2 Å². The van der Waals surface area contributed by atoms with Crippen molar-refractivity contribution in [1.82, 2.24) is 9.97 Å². The number of rotatable bonds is 3. The number of benzene rings is 6. The predicted octanol–water partition coefficient (Wildman–Crippen LogP) is 8.94. The second-order valence-electron chi connectivity index (χ2n) is 9.05. The van der Waals surface area contributed by atoms with E-state index in [0.717, 1.165) is 33.9 Å². The first kappa shape index (κ1) is 20.5. The Labute approximate surface area is 209 Å². The number of aromatic nitrogens is 2. The third kappa shape index (κ3) is 3.43. The second kappa shape index (κ2) is 8.44. The van der Waals surface area contributed by atoms with Crippen LogP contribution in [0.2, 0.25) is 0 Å². The molecule has 2 nitrogen and oxygen atoms in total. The highest BCUT2D eigenvalue weighted by atomic mass is 14.9. The zero-order valence-corrected chi connectivity index (χ0v) is 19.6. The van der Waals surface area contributed by atoms with Gasteiger partial charge in [-0.1, -0.05) is 121 Å². The van der Waals surface area contributed by atoms with Gasteiger partial charge in [-0.3, -0.25) is 0 Å². The number of nitrogens with zero attached hydrogens (tertiary/aromatic N) is 2. The Morgan fingerprint density at radius 3 is 1.33 bits per heavy atom. The first-order valence-electron chi connectivity index (χ1n) is 12.2. The molecular formula is C34H22N2. The quantitative estimate of drug-likeness (QED) is 0.247. The smallest absolute Gasteiger partial charge is 0.160 e. The summed E-state index contributed by atoms with van der Waals surface area (Å²) < 4.78 is 0. The van der Waals surface area contributed by atoms with Crippen LogP contribution in [0.1, 0.15) is 0 Å². The van der Waals surface area contributed by atoms with E-state index in [2.05, 4.69) is 97.1 Å². The molecule has 0 bridgehead atoms. The van der Waals surface area contributed by atoms with E-state index in [0.29, 0.717) is 0 Å². The summed E-state index contributed by atoms with van der Waals surface area (Å²) in [5, 5.41) is 7.59. The maximum Gasteiger partial charge on any atom is 0.160 e. The molecule has 0 unspecified atom stereocenters. The van der Waals surface area contributed by atoms with Crippen molar-refractivity contribution < 1.29 is 0 Å². The van der Waals surface area contributed by atoms with Crippen LogP contribution >= 0.6 is 0 Å². The third-order valence-corrected chi connectivity index (χ3v) is 6.87. The maximum atomic E-state index is 5.04. The maximum absolute atomic E-state index is 5.04. The standard InChI is InChI=1S/C34H22N2/c1-3-11-23(12-4-1)32-22-33(36-34(35-32)24-13-5-2-6-14-24)25-19-20-30-28-17-8-7-15-26(28)27-16-9-10-18-29(27)31(30)21-25/h1-22H. The first-order valence-corrected chi connectivity index (χ1v) is 12.2. The molecule has 0 aliphatic carbocycles. The average molecular weight is 459 g/mol. The molecule has 6 aromatic carbocycles. The summed E-state index contributed by atoms with van der Waals surface area (Å²) >= 11 is 0. The highest BCUT2D eigenvalue weighted by molar-refractivity contribution is 6.25. The molecule has 0 amide bonds. The van der Waals surface area contributed by atoms with Crippen LogP contribution in [-0.2, 0) is 0 Å². The van der Waals surface area contributed by atoms with Gasteiger partial charge in [-0.05, 0) is 44.5 Å². The lowest BCUT2D eigenvalue weighted by molar-refractivity contribution is 1.18. The lowest BCUT2D eigenvalue weighted by Crippen LogP contribution is -1.96. The van der Waals surface area contributed by atoms with Crippen molar-refractivity contribution in [3.8, 4) is 33.9 Å². The van der Waals surface area contributed by atoms with Gasteiger partial charge in [0.15, 0.2) is 5.82 Å². The summed E-state index contributed by atoms with van der Waals surface area (Å²) in [5.41, 5.74) is 5.01. The van der Waals surface area contributed by atoms with Gasteiger partial charge in [0.25, 0.3) is 0 Å². The summed E-state index contributed by atoms with van der Waals surface area (Å²) in [6.07, 6.45) is 0. The summed E-state index contributed by atoms with van der Waals surface area (Å²) in [7, 11) is 0. The highest BCUT2D eigenvalue weighted by Gasteiger charge is 2.13. The summed E-state index contributed by atoms with van der Waals surface area (Å²) in [6, 6.07) is 46.7. The number of hydrogen-bond donors (Lipinski definition) is 0. The van der Waals surface area contributed by atoms with Crippen LogP contribution in [0.5, 0.6) is 0 Å². The van der Waals surface area contributed by atoms with Crippen molar-refractivity contribution in [3.05, 3.63) is 133 Å². The lowest BCUT2D eigenvalue weighted by Gasteiger charge is -2.13. The average Bonchev–Trinajstić information content (AvgIpc) is 2.98. The van der Waals surface area contributed by atoms with E-state index in [1.165, 1.54) is 32.3 Å². The van der Waals surface area contributed by atoms with Crippen molar-refractivity contribution in [2.75, 3.05) is 0 Å². The summed E-state index contributed by atoms with van der Waals surface area (Å²) in [5.74, 6) is 0.732. The van der Waals surface area contributed by atoms with E-state index in [1.54, 1.807) is 0 Å². The molecule has 0 aliphatic heterocycles. The van der Waals surface area contributed by atoms with E-state index >= 15 is 0 Å². The van der Waals surface area contributed by atoms with Gasteiger partial charge in [-0.2, -0.15) is 0 Å². The van der Waals surface area contributed by atoms with Crippen LogP contribution in [0.15, 0.2) is 133 Å². The van der Waals surface area contributed by atoms with E-state index < -0.39 is 0 Å². The van der Waals surface area contributed by atoms with Gasteiger partial charge in [-0.25, -0.2) is 9.97 Å². The topological polar surface area (TPSA) is 25.8 Å². The molecule has 0 saturated heterocycles. The minimum absolute atomic E-state index is 0.732. The molecule has 7 rings (SSSR count). The van der Waals surface area contributed by atoms with Crippen LogP contribution in [0.4, 0.5) is 0 Å². The van der Waals surface area contributed by atoms with Gasteiger partial charge in [0, 0.05) is 16.7 Å². The molecule has 0 aliphatic rings. The van der Waals surface area contributed by atoms with Gasteiger partial charge >= 0.3 is 0 Å². The van der Waals surface area contributed by atoms with Crippen molar-refractivity contribution in [2.45, 2.75) is 0 Å². The van der Waals surface area contributed by atoms with Gasteiger partial charge < -0.3 is 0 Å². The Balaban J connectivity index is 1.51. The molecule has 0 N–H and O–H groups in total. The van der Waals surface area contributed by atoms with Crippen molar-refractivity contribution in [2.24, 2.45) is 0 Å². The lowest BCUT2D eigenvalue weighted by atomic mass is 9.92. The van der Waals surface area contributed by atoms with Gasteiger partial charge in [-0.15, -0.1) is 0 Å². The van der Waals surface area contributed by atoms with Crippen molar-refractivity contribution in [1.29, 1.82) is 0 Å². The minimum Gasteiger partial charge on any atom is -0.228 e. The van der Waals surface area contributed by atoms with E-state index in [1.807, 2.05) is 36.4 Å². The minimum atomic E-state index is 0.732. The Hall–Kier alpha value is -4.82. The zero-order chi connectivity index (χ0) is 23.9. The molecule has 0 atom stereocenters. The van der Waals surface area contributed by atoms with E-state index in [-0.39, 0.29) is 0 Å². The SMILES string of the molecule is c1ccc(-c2cc(-c3ccc4c5ccccc5c5ccccc5c4c3)nc(-c3ccccc3)n2)cc1. The normalized spacial score (nSPS) is 11.3. The van der Waals surface area contributed by atoms with E-state index in [9.17, 15) is 0 Å². The monoisotopic (exact) mass is 458 g/mol. The highest BCUT2D eigenvalue weighted by Crippen LogP contribution is 2.37. The molecule has 2 heteroatoms. The summed E-state index contributed by atoms with van der Waals surface area (Å²) in [4.78, 5) is 9.98. The fourth-order valence-corrected chi connectivity index (χ4v) is 5.14. The molecule has 36 heavy (non-hydrogen) atoms. The summed E-state index contributed by atoms with van der Waals surface area (Å²) in [6.45, 7) is 0. The molecule has 0 saturated carbocycles. The van der Waals surface area contributed by atoms with Crippen LogP contribution in [0, 0.1) is 0 Å². The largest absolute Gasteiger partial charge is 0.228 e. The number of hydrogen-bond acceptors (Lipinski definition) is 2. The molecule has 168 valence electrons. The second-order valence-corrected chi connectivity index (χ2v) is 9.05. The Morgan fingerprint density at radius 2 is 0.750 bits per heavy atom. The molecule has 1 heterocycles. The molecule has 0 spiro atoms. The Bertz CT molecular complexity index is 1780. The van der Waals surface area contributed by atoms with Crippen molar-refractivity contribution in [3.63, 3.8) is 0 Å². The van der Waals surface area contributed by atoms with Crippen LogP contribution in [0.3, 0.4) is 0 Å². The van der Waals surface area contributed by atoms with E-state index in [4.69, 9.17) is 9.97 Å². The van der Waals surface area contributed by atoms with Crippen LogP contribution in [-0.4, -0.2) is 9.97 Å². The molecule has 7 aromatic rings. The van der Waals surface area contributed by atoms with Crippen molar-refractivity contribution >= 4 is 32.3 Å². The first-order chi connectivity index (χ1) is 17.8. The van der Waals surface area contributed by atoms with Gasteiger partial charge in [0.05, 0.1) is 11.4 Å². The fourth-order valence-electron chi connectivity index (χ4n) is 5.14. The predicted molar refractivity (Wildman–Crippen MR) is 151 cm³/mol. The molecule has 0 radical (unpaired) electrons. The molecule has 1 aromatic heterocycles. The zero-order valence-electron chi connectivity index (χ0n) is 19.6. The fraction of sp³-hybridized carbons (Fsp3) is 0. The Morgan fingerprint density at radius 1 is 0.306 bits per heavy atom. The van der Waals surface area contributed by atoms with Crippen LogP contribution < -0.4 is 0 Å². The van der Waals surface area contributed by atoms with Gasteiger partial charge in [0.1, 0.15) is 0 Å². The third-order valence-electron chi connectivity index (χ3n) is 6.87. The Kier molecular flexibility index (Phi) is 4.82. The van der Waals surface area contributed by atoms with Gasteiger partial charge in [0.2, 0.25) is 0 Å². The number of fused-ring (bicyclic) bond motifs is 6.